The first kappa shape index (κ1) is 14.4. The summed E-state index contributed by atoms with van der Waals surface area (Å²) in [5.74, 6) is 0.773. The molecule has 0 aromatic heterocycles. The topological polar surface area (TPSA) is 38.8 Å². The fourth-order valence-corrected chi connectivity index (χ4v) is 1.96. The van der Waals surface area contributed by atoms with Crippen molar-refractivity contribution in [3.05, 3.63) is 41.7 Å². The van der Waals surface area contributed by atoms with Gasteiger partial charge in [0.25, 0.3) is 0 Å². The van der Waals surface area contributed by atoms with E-state index in [0.29, 0.717) is 6.54 Å². The molecular weight excluding hydrogens is 254 g/mol. The van der Waals surface area contributed by atoms with Gasteiger partial charge in [-0.25, -0.2) is 4.79 Å². The van der Waals surface area contributed by atoms with Crippen molar-refractivity contribution >= 4 is 12.2 Å². The summed E-state index contributed by atoms with van der Waals surface area (Å²) >= 11 is 0. The van der Waals surface area contributed by atoms with Crippen LogP contribution in [-0.2, 0) is 9.47 Å². The molecule has 0 aliphatic carbocycles. The Morgan fingerprint density at radius 3 is 2.60 bits per heavy atom. The van der Waals surface area contributed by atoms with Gasteiger partial charge in [0.05, 0.1) is 6.54 Å². The van der Waals surface area contributed by atoms with Gasteiger partial charge in [-0.3, -0.25) is 4.90 Å². The lowest BCUT2D eigenvalue weighted by Gasteiger charge is -2.25. The fraction of sp³-hybridized carbons (Fsp3) is 0.438. The summed E-state index contributed by atoms with van der Waals surface area (Å²) in [6, 6.07) is 9.90. The van der Waals surface area contributed by atoms with Crippen LogP contribution < -0.4 is 0 Å². The molecule has 20 heavy (non-hydrogen) atoms. The Kier molecular flexibility index (Phi) is 4.02. The monoisotopic (exact) mass is 275 g/mol. The fourth-order valence-electron chi connectivity index (χ4n) is 1.96. The van der Waals surface area contributed by atoms with Gasteiger partial charge < -0.3 is 9.47 Å². The summed E-state index contributed by atoms with van der Waals surface area (Å²) in [4.78, 5) is 13.6. The van der Waals surface area contributed by atoms with Crippen molar-refractivity contribution in [1.29, 1.82) is 0 Å². The SMILES string of the molecule is CC1O/C(=C/c2ccccc2)CN1C(=O)OC(C)(C)C. The smallest absolute Gasteiger partial charge is 0.413 e. The van der Waals surface area contributed by atoms with Gasteiger partial charge in [0.15, 0.2) is 6.23 Å². The summed E-state index contributed by atoms with van der Waals surface area (Å²) in [7, 11) is 0. The molecule has 1 aliphatic rings. The van der Waals surface area contributed by atoms with E-state index in [9.17, 15) is 4.79 Å². The Balaban J connectivity index is 2.06. The van der Waals surface area contributed by atoms with Crippen molar-refractivity contribution in [2.75, 3.05) is 6.54 Å². The minimum Gasteiger partial charge on any atom is -0.473 e. The molecule has 1 unspecified atom stereocenters. The number of hydrogen-bond acceptors (Lipinski definition) is 3. The first-order valence-corrected chi connectivity index (χ1v) is 6.77. The maximum absolute atomic E-state index is 12.1. The molecule has 1 aromatic rings. The van der Waals surface area contributed by atoms with Crippen LogP contribution in [0.25, 0.3) is 6.08 Å². The molecule has 1 aromatic carbocycles. The van der Waals surface area contributed by atoms with Crippen LogP contribution in [0.15, 0.2) is 36.1 Å². The van der Waals surface area contributed by atoms with Crippen molar-refractivity contribution in [2.24, 2.45) is 0 Å². The highest BCUT2D eigenvalue weighted by Crippen LogP contribution is 2.23. The quantitative estimate of drug-likeness (QED) is 0.785. The predicted octanol–water partition coefficient (Wildman–Crippen LogP) is 3.64. The molecule has 0 spiro atoms. The maximum atomic E-state index is 12.1. The zero-order valence-corrected chi connectivity index (χ0v) is 12.4. The van der Waals surface area contributed by atoms with E-state index in [-0.39, 0.29) is 12.3 Å². The van der Waals surface area contributed by atoms with Gasteiger partial charge in [-0.15, -0.1) is 0 Å². The molecule has 1 heterocycles. The van der Waals surface area contributed by atoms with Crippen LogP contribution in [0.2, 0.25) is 0 Å². The number of benzene rings is 1. The summed E-state index contributed by atoms with van der Waals surface area (Å²) in [6.07, 6.45) is 1.29. The lowest BCUT2D eigenvalue weighted by atomic mass is 10.2. The number of carbonyl (C=O) groups is 1. The molecule has 4 nitrogen and oxygen atoms in total. The Morgan fingerprint density at radius 2 is 2.00 bits per heavy atom. The molecule has 1 amide bonds. The maximum Gasteiger partial charge on any atom is 0.413 e. The van der Waals surface area contributed by atoms with Gasteiger partial charge in [0, 0.05) is 0 Å². The number of amides is 1. The van der Waals surface area contributed by atoms with Gasteiger partial charge in [0.1, 0.15) is 11.4 Å². The second kappa shape index (κ2) is 5.57. The molecule has 1 saturated heterocycles. The van der Waals surface area contributed by atoms with Crippen molar-refractivity contribution in [3.8, 4) is 0 Å². The summed E-state index contributed by atoms with van der Waals surface area (Å²) < 4.78 is 11.1. The van der Waals surface area contributed by atoms with E-state index in [1.807, 2.05) is 64.1 Å². The Labute approximate surface area is 120 Å². The van der Waals surface area contributed by atoms with Crippen LogP contribution in [-0.4, -0.2) is 29.4 Å². The Morgan fingerprint density at radius 1 is 1.35 bits per heavy atom. The third-order valence-corrected chi connectivity index (χ3v) is 2.84. The van der Waals surface area contributed by atoms with Gasteiger partial charge in [-0.05, 0) is 39.3 Å². The Hall–Kier alpha value is -1.97. The zero-order valence-electron chi connectivity index (χ0n) is 12.4. The second-order valence-corrected chi connectivity index (χ2v) is 5.85. The second-order valence-electron chi connectivity index (χ2n) is 5.85. The highest BCUT2D eigenvalue weighted by Gasteiger charge is 2.33. The van der Waals surface area contributed by atoms with Crippen molar-refractivity contribution in [1.82, 2.24) is 4.90 Å². The molecule has 4 heteroatoms. The molecule has 2 rings (SSSR count). The molecule has 1 fully saturated rings. The Bertz CT molecular complexity index is 502. The average Bonchev–Trinajstić information content (AvgIpc) is 2.69. The minimum atomic E-state index is -0.497. The predicted molar refractivity (Wildman–Crippen MR) is 77.9 cm³/mol. The number of ether oxygens (including phenoxy) is 2. The third-order valence-electron chi connectivity index (χ3n) is 2.84. The highest BCUT2D eigenvalue weighted by atomic mass is 16.6. The van der Waals surface area contributed by atoms with Gasteiger partial charge >= 0.3 is 6.09 Å². The van der Waals surface area contributed by atoms with E-state index in [1.54, 1.807) is 4.90 Å². The van der Waals surface area contributed by atoms with Crippen LogP contribution in [0.4, 0.5) is 4.79 Å². The summed E-state index contributed by atoms with van der Waals surface area (Å²) in [5, 5.41) is 0. The van der Waals surface area contributed by atoms with Crippen LogP contribution in [0, 0.1) is 0 Å². The molecule has 0 bridgehead atoms. The molecule has 1 atom stereocenters. The highest BCUT2D eigenvalue weighted by molar-refractivity contribution is 5.69. The molecule has 108 valence electrons. The first-order valence-electron chi connectivity index (χ1n) is 6.77. The van der Waals surface area contributed by atoms with Crippen molar-refractivity contribution < 1.29 is 14.3 Å². The van der Waals surface area contributed by atoms with Gasteiger partial charge in [-0.1, -0.05) is 30.3 Å². The molecular formula is C16H21NO3. The largest absolute Gasteiger partial charge is 0.473 e. The lowest BCUT2D eigenvalue weighted by Crippen LogP contribution is -2.38. The molecule has 0 radical (unpaired) electrons. The molecule has 0 N–H and O–H groups in total. The summed E-state index contributed by atoms with van der Waals surface area (Å²) in [6.45, 7) is 7.84. The zero-order chi connectivity index (χ0) is 14.8. The molecule has 1 aliphatic heterocycles. The third kappa shape index (κ3) is 3.76. The number of hydrogen-bond donors (Lipinski definition) is 0. The van der Waals surface area contributed by atoms with Crippen LogP contribution in [0.5, 0.6) is 0 Å². The number of nitrogens with zero attached hydrogens (tertiary/aromatic N) is 1. The molecule has 0 saturated carbocycles. The van der Waals surface area contributed by atoms with E-state index < -0.39 is 5.60 Å². The van der Waals surface area contributed by atoms with Crippen LogP contribution in [0.3, 0.4) is 0 Å². The van der Waals surface area contributed by atoms with E-state index in [4.69, 9.17) is 9.47 Å². The van der Waals surface area contributed by atoms with Crippen LogP contribution in [0.1, 0.15) is 33.3 Å². The first-order chi connectivity index (χ1) is 9.35. The standard InChI is InChI=1S/C16H21NO3/c1-12-17(15(18)20-16(2,3)4)11-14(19-12)10-13-8-6-5-7-9-13/h5-10,12H,11H2,1-4H3/b14-10+. The van der Waals surface area contributed by atoms with Gasteiger partial charge in [-0.2, -0.15) is 0 Å². The number of carbonyl (C=O) groups excluding carboxylic acids is 1. The normalized spacial score (nSPS) is 20.9. The minimum absolute atomic E-state index is 0.306. The van der Waals surface area contributed by atoms with Gasteiger partial charge in [0.2, 0.25) is 0 Å². The number of rotatable bonds is 1. The van der Waals surface area contributed by atoms with E-state index in [2.05, 4.69) is 0 Å². The van der Waals surface area contributed by atoms with E-state index >= 15 is 0 Å². The van der Waals surface area contributed by atoms with Crippen LogP contribution >= 0.6 is 0 Å². The average molecular weight is 275 g/mol. The van der Waals surface area contributed by atoms with Crippen molar-refractivity contribution in [2.45, 2.75) is 39.5 Å². The van der Waals surface area contributed by atoms with Crippen molar-refractivity contribution in [3.63, 3.8) is 0 Å². The summed E-state index contributed by atoms with van der Waals surface area (Å²) in [5.41, 5.74) is 0.559. The lowest BCUT2D eigenvalue weighted by molar-refractivity contribution is 0.00206. The van der Waals surface area contributed by atoms with E-state index in [1.165, 1.54) is 0 Å². The van der Waals surface area contributed by atoms with E-state index in [0.717, 1.165) is 11.3 Å².